The van der Waals surface area contributed by atoms with Crippen LogP contribution in [0, 0.1) is 0 Å². The summed E-state index contributed by atoms with van der Waals surface area (Å²) in [5.74, 6) is 1.07. The maximum Gasteiger partial charge on any atom is 0.225 e. The van der Waals surface area contributed by atoms with E-state index in [4.69, 9.17) is 9.47 Å². The Labute approximate surface area is 145 Å². The van der Waals surface area contributed by atoms with Gasteiger partial charge in [0.25, 0.3) is 0 Å². The lowest BCUT2D eigenvalue weighted by Crippen LogP contribution is -2.40. The zero-order valence-corrected chi connectivity index (χ0v) is 15.3. The van der Waals surface area contributed by atoms with Gasteiger partial charge in [0.2, 0.25) is 5.91 Å². The number of hydrogen-bond donors (Lipinski definition) is 0. The van der Waals surface area contributed by atoms with Gasteiger partial charge in [0.05, 0.1) is 31.9 Å². The van der Waals surface area contributed by atoms with Crippen LogP contribution >= 0.6 is 0 Å². The maximum absolute atomic E-state index is 12.5. The fourth-order valence-electron chi connectivity index (χ4n) is 3.09. The molecule has 24 heavy (non-hydrogen) atoms. The number of nitrogens with zero attached hydrogens (tertiary/aromatic N) is 2. The molecule has 1 aliphatic rings. The van der Waals surface area contributed by atoms with E-state index in [9.17, 15) is 4.79 Å². The molecular weight excluding hydrogens is 304 g/mol. The summed E-state index contributed by atoms with van der Waals surface area (Å²) in [6.07, 6.45) is 1.58. The Hall–Kier alpha value is -1.75. The van der Waals surface area contributed by atoms with Crippen LogP contribution in [0.1, 0.15) is 33.6 Å². The van der Waals surface area contributed by atoms with Gasteiger partial charge in [-0.1, -0.05) is 12.1 Å². The van der Waals surface area contributed by atoms with Crippen molar-refractivity contribution in [3.05, 3.63) is 24.3 Å². The number of methoxy groups -OCH3 is 1. The normalized spacial score (nSPS) is 18.6. The monoisotopic (exact) mass is 334 g/mol. The Kier molecular flexibility index (Phi) is 6.91. The smallest absolute Gasteiger partial charge is 0.225 e. The first-order valence-electron chi connectivity index (χ1n) is 8.82. The minimum atomic E-state index is 0.167. The van der Waals surface area contributed by atoms with Gasteiger partial charge in [-0.2, -0.15) is 0 Å². The van der Waals surface area contributed by atoms with Crippen molar-refractivity contribution in [3.8, 4) is 5.75 Å². The maximum atomic E-state index is 12.5. The number of carbonyl (C=O) groups is 1. The van der Waals surface area contributed by atoms with Crippen molar-refractivity contribution in [2.24, 2.45) is 0 Å². The van der Waals surface area contributed by atoms with Crippen LogP contribution in [0.5, 0.6) is 5.75 Å². The Bertz CT molecular complexity index is 533. The van der Waals surface area contributed by atoms with Crippen LogP contribution in [0.2, 0.25) is 0 Å². The van der Waals surface area contributed by atoms with E-state index in [0.29, 0.717) is 13.0 Å². The molecule has 0 aliphatic carbocycles. The fraction of sp³-hybridized carbons (Fsp3) is 0.632. The summed E-state index contributed by atoms with van der Waals surface area (Å²) < 4.78 is 11.0. The van der Waals surface area contributed by atoms with Crippen molar-refractivity contribution in [2.75, 3.05) is 38.3 Å². The third-order valence-corrected chi connectivity index (χ3v) is 4.47. The number of anilines is 1. The highest BCUT2D eigenvalue weighted by Gasteiger charge is 2.25. The SMILES string of the molecule is COc1ccccc1N1CC[C@H](C)N(C(=O)CCOC(C)C)CC1. The van der Waals surface area contributed by atoms with Gasteiger partial charge in [-0.15, -0.1) is 0 Å². The average molecular weight is 334 g/mol. The summed E-state index contributed by atoms with van der Waals surface area (Å²) in [5, 5.41) is 0. The summed E-state index contributed by atoms with van der Waals surface area (Å²) in [6.45, 7) is 9.09. The van der Waals surface area contributed by atoms with Gasteiger partial charge < -0.3 is 19.3 Å². The first kappa shape index (κ1) is 18.6. The van der Waals surface area contributed by atoms with E-state index in [-0.39, 0.29) is 18.1 Å². The number of carbonyl (C=O) groups excluding carboxylic acids is 1. The molecule has 134 valence electrons. The third kappa shape index (κ3) is 4.87. The predicted molar refractivity (Wildman–Crippen MR) is 96.7 cm³/mol. The van der Waals surface area contributed by atoms with Crippen LogP contribution in [-0.2, 0) is 9.53 Å². The fourth-order valence-corrected chi connectivity index (χ4v) is 3.09. The van der Waals surface area contributed by atoms with Crippen LogP contribution < -0.4 is 9.64 Å². The molecule has 5 heteroatoms. The van der Waals surface area contributed by atoms with Crippen molar-refractivity contribution < 1.29 is 14.3 Å². The van der Waals surface area contributed by atoms with E-state index >= 15 is 0 Å². The van der Waals surface area contributed by atoms with E-state index in [0.717, 1.165) is 37.5 Å². The Balaban J connectivity index is 1.98. The number of amides is 1. The van der Waals surface area contributed by atoms with Gasteiger partial charge in [-0.05, 0) is 39.3 Å². The van der Waals surface area contributed by atoms with Gasteiger partial charge in [0.15, 0.2) is 0 Å². The first-order valence-corrected chi connectivity index (χ1v) is 8.82. The van der Waals surface area contributed by atoms with Gasteiger partial charge in [-0.25, -0.2) is 0 Å². The Morgan fingerprint density at radius 2 is 2.00 bits per heavy atom. The first-order chi connectivity index (χ1) is 11.5. The van der Waals surface area contributed by atoms with E-state index in [2.05, 4.69) is 17.9 Å². The van der Waals surface area contributed by atoms with E-state index in [1.54, 1.807) is 7.11 Å². The van der Waals surface area contributed by atoms with E-state index < -0.39 is 0 Å². The number of para-hydroxylation sites is 2. The molecule has 0 bridgehead atoms. The van der Waals surface area contributed by atoms with Crippen LogP contribution in [0.4, 0.5) is 5.69 Å². The lowest BCUT2D eigenvalue weighted by Gasteiger charge is -2.27. The second-order valence-electron chi connectivity index (χ2n) is 6.55. The van der Waals surface area contributed by atoms with Crippen LogP contribution in [0.25, 0.3) is 0 Å². The van der Waals surface area contributed by atoms with Gasteiger partial charge in [0, 0.05) is 25.7 Å². The average Bonchev–Trinajstić information content (AvgIpc) is 2.76. The summed E-state index contributed by atoms with van der Waals surface area (Å²) in [5.41, 5.74) is 1.10. The molecule has 2 rings (SSSR count). The highest BCUT2D eigenvalue weighted by atomic mass is 16.5. The lowest BCUT2D eigenvalue weighted by atomic mass is 10.2. The van der Waals surface area contributed by atoms with Crippen LogP contribution in [-0.4, -0.2) is 56.3 Å². The molecule has 1 aromatic rings. The summed E-state index contributed by atoms with van der Waals surface area (Å²) in [7, 11) is 1.70. The molecule has 1 amide bonds. The van der Waals surface area contributed by atoms with Gasteiger partial charge in [-0.3, -0.25) is 4.79 Å². The zero-order valence-electron chi connectivity index (χ0n) is 15.3. The molecule has 0 unspecified atom stereocenters. The molecule has 0 spiro atoms. The van der Waals surface area contributed by atoms with Gasteiger partial charge >= 0.3 is 0 Å². The molecule has 0 saturated carbocycles. The summed E-state index contributed by atoms with van der Waals surface area (Å²) in [6, 6.07) is 8.31. The van der Waals surface area contributed by atoms with Gasteiger partial charge in [0.1, 0.15) is 5.75 Å². The van der Waals surface area contributed by atoms with Crippen LogP contribution in [0.3, 0.4) is 0 Å². The molecule has 1 aromatic carbocycles. The Morgan fingerprint density at radius 1 is 1.25 bits per heavy atom. The van der Waals surface area contributed by atoms with E-state index in [1.807, 2.05) is 36.9 Å². The van der Waals surface area contributed by atoms with Crippen molar-refractivity contribution in [3.63, 3.8) is 0 Å². The molecule has 1 aliphatic heterocycles. The second-order valence-corrected chi connectivity index (χ2v) is 6.55. The Morgan fingerprint density at radius 3 is 2.71 bits per heavy atom. The number of ether oxygens (including phenoxy) is 2. The molecule has 1 atom stereocenters. The molecule has 5 nitrogen and oxygen atoms in total. The van der Waals surface area contributed by atoms with E-state index in [1.165, 1.54) is 0 Å². The summed E-state index contributed by atoms with van der Waals surface area (Å²) in [4.78, 5) is 16.8. The van der Waals surface area contributed by atoms with Crippen molar-refractivity contribution in [1.29, 1.82) is 0 Å². The van der Waals surface area contributed by atoms with Crippen LogP contribution in [0.15, 0.2) is 24.3 Å². The highest BCUT2D eigenvalue weighted by Crippen LogP contribution is 2.29. The van der Waals surface area contributed by atoms with Crippen molar-refractivity contribution in [2.45, 2.75) is 45.8 Å². The topological polar surface area (TPSA) is 42.0 Å². The number of hydrogen-bond acceptors (Lipinski definition) is 4. The molecule has 0 aromatic heterocycles. The molecule has 0 N–H and O–H groups in total. The van der Waals surface area contributed by atoms with Crippen molar-refractivity contribution in [1.82, 2.24) is 4.90 Å². The molecule has 1 fully saturated rings. The minimum Gasteiger partial charge on any atom is -0.495 e. The summed E-state index contributed by atoms with van der Waals surface area (Å²) >= 11 is 0. The third-order valence-electron chi connectivity index (χ3n) is 4.47. The minimum absolute atomic E-state index is 0.167. The number of benzene rings is 1. The number of rotatable bonds is 6. The predicted octanol–water partition coefficient (Wildman–Crippen LogP) is 2.94. The molecule has 1 heterocycles. The molecular formula is C19H30N2O3. The zero-order chi connectivity index (χ0) is 17.5. The second kappa shape index (κ2) is 8.92. The largest absolute Gasteiger partial charge is 0.495 e. The molecule has 0 radical (unpaired) electrons. The highest BCUT2D eigenvalue weighted by molar-refractivity contribution is 5.76. The quantitative estimate of drug-likeness (QED) is 0.802. The van der Waals surface area contributed by atoms with Crippen molar-refractivity contribution >= 4 is 11.6 Å². The lowest BCUT2D eigenvalue weighted by molar-refractivity contribution is -0.134. The molecule has 1 saturated heterocycles. The standard InChI is InChI=1S/C19H30N2O3/c1-15(2)24-14-10-19(22)21-13-12-20(11-9-16(21)3)17-7-5-6-8-18(17)23-4/h5-8,15-16H,9-14H2,1-4H3/t16-/m0/s1.